The lowest BCUT2D eigenvalue weighted by atomic mass is 10.1. The van der Waals surface area contributed by atoms with E-state index in [-0.39, 0.29) is 0 Å². The van der Waals surface area contributed by atoms with E-state index in [2.05, 4.69) is 45.3 Å². The van der Waals surface area contributed by atoms with E-state index in [0.717, 1.165) is 24.2 Å². The maximum absolute atomic E-state index is 5.13. The highest BCUT2D eigenvalue weighted by molar-refractivity contribution is 5.24. The topological polar surface area (TPSA) is 9.23 Å². The first kappa shape index (κ1) is 12.2. The highest BCUT2D eigenvalue weighted by atomic mass is 16.5. The fourth-order valence-corrected chi connectivity index (χ4v) is 1.67. The van der Waals surface area contributed by atoms with Gasteiger partial charge >= 0.3 is 0 Å². The third-order valence-electron chi connectivity index (χ3n) is 2.76. The van der Waals surface area contributed by atoms with Crippen LogP contribution in [0.2, 0.25) is 0 Å². The summed E-state index contributed by atoms with van der Waals surface area (Å²) in [6.07, 6.45) is 0. The molecule has 84 valence electrons. The smallest absolute Gasteiger partial charge is 0.104 e. The number of hydrogen-bond donors (Lipinski definition) is 0. The molecule has 2 nitrogen and oxygen atoms in total. The normalized spacial score (nSPS) is 11.7. The zero-order valence-corrected chi connectivity index (χ0v) is 10.3. The minimum absolute atomic E-state index is 0.818. The van der Waals surface area contributed by atoms with Gasteiger partial charge in [-0.15, -0.1) is 0 Å². The SMILES string of the molecule is COCC[N+](C)(C)Cc1ccccc1C. The monoisotopic (exact) mass is 208 g/mol. The first-order valence-corrected chi connectivity index (χ1v) is 5.40. The van der Waals surface area contributed by atoms with Gasteiger partial charge in [-0.3, -0.25) is 0 Å². The maximum Gasteiger partial charge on any atom is 0.104 e. The minimum atomic E-state index is 0.818. The molecular formula is C13H22NO+. The Morgan fingerprint density at radius 3 is 2.47 bits per heavy atom. The number of likely N-dealkylation sites (N-methyl/N-ethyl adjacent to an activating group) is 1. The van der Waals surface area contributed by atoms with E-state index in [0.29, 0.717) is 0 Å². The Hall–Kier alpha value is -0.860. The summed E-state index contributed by atoms with van der Waals surface area (Å²) in [5, 5.41) is 0. The largest absolute Gasteiger partial charge is 0.379 e. The molecule has 0 fully saturated rings. The summed E-state index contributed by atoms with van der Waals surface area (Å²) in [5.74, 6) is 0. The molecule has 0 heterocycles. The van der Waals surface area contributed by atoms with Gasteiger partial charge in [-0.2, -0.15) is 0 Å². The van der Waals surface area contributed by atoms with Crippen LogP contribution in [0.4, 0.5) is 0 Å². The van der Waals surface area contributed by atoms with Crippen LogP contribution in [0.3, 0.4) is 0 Å². The third kappa shape index (κ3) is 4.02. The van der Waals surface area contributed by atoms with E-state index >= 15 is 0 Å². The van der Waals surface area contributed by atoms with E-state index in [1.807, 2.05) is 0 Å². The number of aryl methyl sites for hydroxylation is 1. The van der Waals surface area contributed by atoms with Crippen molar-refractivity contribution < 1.29 is 9.22 Å². The lowest BCUT2D eigenvalue weighted by molar-refractivity contribution is -0.903. The second-order valence-corrected chi connectivity index (χ2v) is 4.74. The molecule has 15 heavy (non-hydrogen) atoms. The molecule has 0 bridgehead atoms. The van der Waals surface area contributed by atoms with E-state index in [4.69, 9.17) is 4.74 Å². The van der Waals surface area contributed by atoms with Crippen molar-refractivity contribution in [2.75, 3.05) is 34.4 Å². The van der Waals surface area contributed by atoms with Crippen molar-refractivity contribution in [3.05, 3.63) is 35.4 Å². The molecule has 0 radical (unpaired) electrons. The van der Waals surface area contributed by atoms with Crippen LogP contribution in [0.5, 0.6) is 0 Å². The van der Waals surface area contributed by atoms with Crippen LogP contribution in [0.15, 0.2) is 24.3 Å². The summed E-state index contributed by atoms with van der Waals surface area (Å²) in [4.78, 5) is 0. The molecule has 0 aliphatic rings. The highest BCUT2D eigenvalue weighted by Gasteiger charge is 2.16. The molecule has 0 N–H and O–H groups in total. The summed E-state index contributed by atoms with van der Waals surface area (Å²) in [7, 11) is 6.24. The fraction of sp³-hybridized carbons (Fsp3) is 0.538. The molecule has 0 amide bonds. The quantitative estimate of drug-likeness (QED) is 0.674. The van der Waals surface area contributed by atoms with Gasteiger partial charge in [-0.25, -0.2) is 0 Å². The van der Waals surface area contributed by atoms with E-state index < -0.39 is 0 Å². The zero-order chi connectivity index (χ0) is 11.3. The van der Waals surface area contributed by atoms with Crippen molar-refractivity contribution in [3.8, 4) is 0 Å². The fourth-order valence-electron chi connectivity index (χ4n) is 1.67. The summed E-state index contributed by atoms with van der Waals surface area (Å²) in [6, 6.07) is 8.58. The lowest BCUT2D eigenvalue weighted by Crippen LogP contribution is -2.41. The van der Waals surface area contributed by atoms with Crippen LogP contribution in [-0.2, 0) is 11.3 Å². The molecule has 0 aliphatic carbocycles. The summed E-state index contributed by atoms with van der Waals surface area (Å²) >= 11 is 0. The van der Waals surface area contributed by atoms with Crippen molar-refractivity contribution in [2.24, 2.45) is 0 Å². The molecular weight excluding hydrogens is 186 g/mol. The van der Waals surface area contributed by atoms with Crippen LogP contribution >= 0.6 is 0 Å². The number of hydrogen-bond acceptors (Lipinski definition) is 1. The van der Waals surface area contributed by atoms with Crippen molar-refractivity contribution in [2.45, 2.75) is 13.5 Å². The molecule has 0 atom stereocenters. The van der Waals surface area contributed by atoms with Gasteiger partial charge in [0.2, 0.25) is 0 Å². The number of methoxy groups -OCH3 is 1. The average molecular weight is 208 g/mol. The minimum Gasteiger partial charge on any atom is -0.379 e. The Balaban J connectivity index is 2.64. The Labute approximate surface area is 93.1 Å². The molecule has 0 aromatic heterocycles. The first-order valence-electron chi connectivity index (χ1n) is 5.40. The zero-order valence-electron chi connectivity index (χ0n) is 10.3. The van der Waals surface area contributed by atoms with Crippen LogP contribution in [0.25, 0.3) is 0 Å². The van der Waals surface area contributed by atoms with Gasteiger partial charge in [0.05, 0.1) is 20.7 Å². The van der Waals surface area contributed by atoms with Crippen molar-refractivity contribution >= 4 is 0 Å². The summed E-state index contributed by atoms with van der Waals surface area (Å²) < 4.78 is 6.10. The third-order valence-corrected chi connectivity index (χ3v) is 2.76. The molecule has 0 unspecified atom stereocenters. The van der Waals surface area contributed by atoms with Gasteiger partial charge in [-0.05, 0) is 12.5 Å². The van der Waals surface area contributed by atoms with Crippen LogP contribution in [0, 0.1) is 6.92 Å². The van der Waals surface area contributed by atoms with Gasteiger partial charge in [0.25, 0.3) is 0 Å². The van der Waals surface area contributed by atoms with E-state index in [1.54, 1.807) is 7.11 Å². The van der Waals surface area contributed by atoms with Gasteiger partial charge in [0, 0.05) is 12.7 Å². The van der Waals surface area contributed by atoms with Crippen LogP contribution in [-0.4, -0.2) is 38.8 Å². The van der Waals surface area contributed by atoms with Gasteiger partial charge < -0.3 is 9.22 Å². The molecule has 0 aliphatic heterocycles. The Kier molecular flexibility index (Phi) is 4.30. The molecule has 0 saturated heterocycles. The summed E-state index contributed by atoms with van der Waals surface area (Å²) in [5.41, 5.74) is 2.81. The molecule has 1 aromatic rings. The summed E-state index contributed by atoms with van der Waals surface area (Å²) in [6.45, 7) is 5.10. The Bertz CT molecular complexity index is 307. The van der Waals surface area contributed by atoms with Gasteiger partial charge in [-0.1, -0.05) is 24.3 Å². The van der Waals surface area contributed by atoms with Crippen LogP contribution in [0.1, 0.15) is 11.1 Å². The lowest BCUT2D eigenvalue weighted by Gasteiger charge is -2.30. The standard InChI is InChI=1S/C13H22NO/c1-12-7-5-6-8-13(12)11-14(2,3)9-10-15-4/h5-8H,9-11H2,1-4H3/q+1. The number of nitrogens with zero attached hydrogens (tertiary/aromatic N) is 1. The predicted molar refractivity (Wildman–Crippen MR) is 63.7 cm³/mol. The molecule has 0 saturated carbocycles. The predicted octanol–water partition coefficient (Wildman–Crippen LogP) is 2.22. The molecule has 1 rings (SSSR count). The number of benzene rings is 1. The second-order valence-electron chi connectivity index (χ2n) is 4.74. The number of ether oxygens (including phenoxy) is 1. The maximum atomic E-state index is 5.13. The van der Waals surface area contributed by atoms with Crippen molar-refractivity contribution in [1.82, 2.24) is 0 Å². The number of rotatable bonds is 5. The molecule has 2 heteroatoms. The highest BCUT2D eigenvalue weighted by Crippen LogP contribution is 2.13. The van der Waals surface area contributed by atoms with Crippen molar-refractivity contribution in [3.63, 3.8) is 0 Å². The van der Waals surface area contributed by atoms with Gasteiger partial charge in [0.15, 0.2) is 0 Å². The molecule has 0 spiro atoms. The van der Waals surface area contributed by atoms with Crippen LogP contribution < -0.4 is 0 Å². The Morgan fingerprint density at radius 2 is 1.87 bits per heavy atom. The van der Waals surface area contributed by atoms with Gasteiger partial charge in [0.1, 0.15) is 13.1 Å². The number of quaternary nitrogens is 1. The van der Waals surface area contributed by atoms with Crippen molar-refractivity contribution in [1.29, 1.82) is 0 Å². The van der Waals surface area contributed by atoms with E-state index in [1.165, 1.54) is 11.1 Å². The molecule has 1 aromatic carbocycles. The first-order chi connectivity index (χ1) is 7.05. The van der Waals surface area contributed by atoms with E-state index in [9.17, 15) is 0 Å². The Morgan fingerprint density at radius 1 is 1.20 bits per heavy atom. The second kappa shape index (κ2) is 5.29. The average Bonchev–Trinajstić information content (AvgIpc) is 2.18.